The molecule has 0 aromatic heterocycles. The molecule has 1 N–H and O–H groups in total. The maximum absolute atomic E-state index is 12.5. The van der Waals surface area contributed by atoms with Gasteiger partial charge in [-0.15, -0.1) is 0 Å². The molecule has 2 aromatic rings. The fourth-order valence-electron chi connectivity index (χ4n) is 3.49. The van der Waals surface area contributed by atoms with Crippen molar-refractivity contribution in [1.29, 1.82) is 0 Å². The molecule has 154 valence electrons. The molecule has 0 aliphatic carbocycles. The van der Waals surface area contributed by atoms with E-state index in [9.17, 15) is 9.59 Å². The standard InChI is InChI=1S/C22H25Cl2N3O2/c1-15(20-8-5-18(23)13-21(20)24)25-22(29)14-26-9-11-27(12-10-26)19-6-3-17(4-7-19)16(2)28/h3-8,13,15H,9-12,14H2,1-2H3,(H,25,29). The Hall–Kier alpha value is -2.08. The van der Waals surface area contributed by atoms with Crippen LogP contribution >= 0.6 is 23.2 Å². The second-order valence-corrected chi connectivity index (χ2v) is 8.16. The van der Waals surface area contributed by atoms with Crippen molar-refractivity contribution in [1.82, 2.24) is 10.2 Å². The highest BCUT2D eigenvalue weighted by Gasteiger charge is 2.21. The molecule has 29 heavy (non-hydrogen) atoms. The van der Waals surface area contributed by atoms with E-state index >= 15 is 0 Å². The molecule has 7 heteroatoms. The number of Topliss-reactive ketones (excluding diaryl/α,β-unsaturated/α-hetero) is 1. The number of hydrogen-bond acceptors (Lipinski definition) is 4. The van der Waals surface area contributed by atoms with Gasteiger partial charge in [0.2, 0.25) is 5.91 Å². The molecule has 1 unspecified atom stereocenters. The summed E-state index contributed by atoms with van der Waals surface area (Å²) >= 11 is 12.2. The SMILES string of the molecule is CC(=O)c1ccc(N2CCN(CC(=O)NC(C)c3ccc(Cl)cc3Cl)CC2)cc1. The minimum atomic E-state index is -0.187. The van der Waals surface area contributed by atoms with E-state index in [2.05, 4.69) is 15.1 Å². The summed E-state index contributed by atoms with van der Waals surface area (Å²) in [5, 5.41) is 4.14. The summed E-state index contributed by atoms with van der Waals surface area (Å²) in [6.45, 7) is 7.12. The first-order valence-corrected chi connectivity index (χ1v) is 10.4. The summed E-state index contributed by atoms with van der Waals surface area (Å²) < 4.78 is 0. The lowest BCUT2D eigenvalue weighted by atomic mass is 10.1. The molecule has 0 saturated carbocycles. The quantitative estimate of drug-likeness (QED) is 0.693. The van der Waals surface area contributed by atoms with Crippen LogP contribution in [0.2, 0.25) is 10.0 Å². The zero-order valence-electron chi connectivity index (χ0n) is 16.6. The average molecular weight is 434 g/mol. The van der Waals surface area contributed by atoms with Crippen molar-refractivity contribution in [3.8, 4) is 0 Å². The van der Waals surface area contributed by atoms with Crippen molar-refractivity contribution in [3.63, 3.8) is 0 Å². The van der Waals surface area contributed by atoms with Gasteiger partial charge in [0.25, 0.3) is 0 Å². The van der Waals surface area contributed by atoms with Crippen LogP contribution in [0.1, 0.15) is 35.8 Å². The molecule has 5 nitrogen and oxygen atoms in total. The molecule has 1 amide bonds. The highest BCUT2D eigenvalue weighted by molar-refractivity contribution is 6.35. The highest BCUT2D eigenvalue weighted by Crippen LogP contribution is 2.26. The van der Waals surface area contributed by atoms with Crippen molar-refractivity contribution in [2.24, 2.45) is 0 Å². The maximum atomic E-state index is 12.5. The molecule has 1 aliphatic heterocycles. The Kier molecular flexibility index (Phi) is 7.17. The van der Waals surface area contributed by atoms with E-state index in [1.54, 1.807) is 19.1 Å². The molecule has 1 aliphatic rings. The molecule has 1 heterocycles. The van der Waals surface area contributed by atoms with E-state index in [0.29, 0.717) is 16.6 Å². The van der Waals surface area contributed by atoms with Gasteiger partial charge in [-0.1, -0.05) is 29.3 Å². The smallest absolute Gasteiger partial charge is 0.234 e. The number of rotatable bonds is 6. The third-order valence-electron chi connectivity index (χ3n) is 5.18. The second kappa shape index (κ2) is 9.61. The summed E-state index contributed by atoms with van der Waals surface area (Å²) in [4.78, 5) is 28.3. The van der Waals surface area contributed by atoms with Crippen LogP contribution in [0.3, 0.4) is 0 Å². The van der Waals surface area contributed by atoms with Crippen LogP contribution in [-0.4, -0.2) is 49.3 Å². The average Bonchev–Trinajstić information content (AvgIpc) is 2.68. The molecular formula is C22H25Cl2N3O2. The van der Waals surface area contributed by atoms with Gasteiger partial charge in [0.15, 0.2) is 5.78 Å². The predicted octanol–water partition coefficient (Wildman–Crippen LogP) is 4.20. The zero-order chi connectivity index (χ0) is 21.0. The minimum absolute atomic E-state index is 0.0252. The highest BCUT2D eigenvalue weighted by atomic mass is 35.5. The van der Waals surface area contributed by atoms with Crippen LogP contribution in [0.15, 0.2) is 42.5 Å². The molecule has 0 spiro atoms. The van der Waals surface area contributed by atoms with E-state index in [-0.39, 0.29) is 17.7 Å². The van der Waals surface area contributed by atoms with Crippen molar-refractivity contribution in [2.45, 2.75) is 19.9 Å². The fourth-order valence-corrected chi connectivity index (χ4v) is 4.06. The Balaban J connectivity index is 1.48. The van der Waals surface area contributed by atoms with Crippen molar-refractivity contribution >= 4 is 40.6 Å². The lowest BCUT2D eigenvalue weighted by Crippen LogP contribution is -2.49. The summed E-state index contributed by atoms with van der Waals surface area (Å²) in [7, 11) is 0. The third-order valence-corrected chi connectivity index (χ3v) is 5.75. The Morgan fingerprint density at radius 2 is 1.69 bits per heavy atom. The number of ketones is 1. The van der Waals surface area contributed by atoms with Crippen LogP contribution in [0.4, 0.5) is 5.69 Å². The van der Waals surface area contributed by atoms with Gasteiger partial charge in [-0.2, -0.15) is 0 Å². The number of carbonyl (C=O) groups excluding carboxylic acids is 2. The number of halogens is 2. The first-order valence-electron chi connectivity index (χ1n) is 9.66. The molecular weight excluding hydrogens is 409 g/mol. The zero-order valence-corrected chi connectivity index (χ0v) is 18.1. The summed E-state index contributed by atoms with van der Waals surface area (Å²) in [6, 6.07) is 12.8. The molecule has 0 bridgehead atoms. The fraction of sp³-hybridized carbons (Fsp3) is 0.364. The molecule has 3 rings (SSSR count). The van der Waals surface area contributed by atoms with E-state index in [0.717, 1.165) is 43.0 Å². The van der Waals surface area contributed by atoms with E-state index in [1.165, 1.54) is 0 Å². The Bertz CT molecular complexity index is 878. The number of hydrogen-bond donors (Lipinski definition) is 1. The number of carbonyl (C=O) groups is 2. The molecule has 0 radical (unpaired) electrons. The number of amides is 1. The Morgan fingerprint density at radius 3 is 2.28 bits per heavy atom. The molecule has 1 fully saturated rings. The van der Waals surface area contributed by atoms with Crippen molar-refractivity contribution in [2.75, 3.05) is 37.6 Å². The van der Waals surface area contributed by atoms with Gasteiger partial charge >= 0.3 is 0 Å². The monoisotopic (exact) mass is 433 g/mol. The Labute approximate surface area is 181 Å². The molecule has 1 atom stereocenters. The normalized spacial score (nSPS) is 15.8. The predicted molar refractivity (Wildman–Crippen MR) is 118 cm³/mol. The van der Waals surface area contributed by atoms with E-state index in [1.807, 2.05) is 37.3 Å². The number of nitrogens with zero attached hydrogens (tertiary/aromatic N) is 2. The number of benzene rings is 2. The summed E-state index contributed by atoms with van der Waals surface area (Å²) in [5.41, 5.74) is 2.67. The van der Waals surface area contributed by atoms with Crippen LogP contribution < -0.4 is 10.2 Å². The molecule has 2 aromatic carbocycles. The topological polar surface area (TPSA) is 52.7 Å². The summed E-state index contributed by atoms with van der Waals surface area (Å²) in [5.74, 6) is 0.0456. The van der Waals surface area contributed by atoms with Crippen LogP contribution in [0.25, 0.3) is 0 Å². The van der Waals surface area contributed by atoms with Crippen molar-refractivity contribution < 1.29 is 9.59 Å². The van der Waals surface area contributed by atoms with Gasteiger partial charge < -0.3 is 10.2 Å². The minimum Gasteiger partial charge on any atom is -0.369 e. The van der Waals surface area contributed by atoms with Crippen LogP contribution in [-0.2, 0) is 4.79 Å². The lowest BCUT2D eigenvalue weighted by Gasteiger charge is -2.36. The lowest BCUT2D eigenvalue weighted by molar-refractivity contribution is -0.123. The van der Waals surface area contributed by atoms with Crippen LogP contribution in [0, 0.1) is 0 Å². The van der Waals surface area contributed by atoms with Crippen molar-refractivity contribution in [3.05, 3.63) is 63.6 Å². The second-order valence-electron chi connectivity index (χ2n) is 7.32. The first kappa shape index (κ1) is 21.6. The molecule has 1 saturated heterocycles. The van der Waals surface area contributed by atoms with Gasteiger partial charge in [0, 0.05) is 47.5 Å². The van der Waals surface area contributed by atoms with E-state index in [4.69, 9.17) is 23.2 Å². The van der Waals surface area contributed by atoms with Gasteiger partial charge in [0.1, 0.15) is 0 Å². The number of nitrogens with one attached hydrogen (secondary N) is 1. The first-order chi connectivity index (χ1) is 13.8. The Morgan fingerprint density at radius 1 is 1.03 bits per heavy atom. The van der Waals surface area contributed by atoms with Crippen LogP contribution in [0.5, 0.6) is 0 Å². The van der Waals surface area contributed by atoms with E-state index < -0.39 is 0 Å². The summed E-state index contributed by atoms with van der Waals surface area (Å²) in [6.07, 6.45) is 0. The number of piperazine rings is 1. The van der Waals surface area contributed by atoms with Gasteiger partial charge in [-0.05, 0) is 55.8 Å². The third kappa shape index (κ3) is 5.72. The number of anilines is 1. The maximum Gasteiger partial charge on any atom is 0.234 e. The largest absolute Gasteiger partial charge is 0.369 e. The van der Waals surface area contributed by atoms with Gasteiger partial charge in [-0.3, -0.25) is 14.5 Å². The van der Waals surface area contributed by atoms with Gasteiger partial charge in [-0.25, -0.2) is 0 Å². The van der Waals surface area contributed by atoms with Gasteiger partial charge in [0.05, 0.1) is 12.6 Å².